The number of phenols is 1. The van der Waals surface area contributed by atoms with Gasteiger partial charge in [0.2, 0.25) is 0 Å². The van der Waals surface area contributed by atoms with Crippen LogP contribution in [0.15, 0.2) is 40.7 Å². The van der Waals surface area contributed by atoms with Crippen molar-refractivity contribution in [1.82, 2.24) is 4.90 Å². The summed E-state index contributed by atoms with van der Waals surface area (Å²) in [5.74, 6) is 0.911. The molecule has 2 rings (SSSR count). The largest absolute Gasteiger partial charge is 0.507 e. The molecule has 2 aromatic rings. The Morgan fingerprint density at radius 2 is 2.19 bits per heavy atom. The molecule has 0 saturated carbocycles. The molecule has 0 fully saturated rings. The van der Waals surface area contributed by atoms with Crippen molar-refractivity contribution in [3.05, 3.63) is 46.2 Å². The molecule has 1 aromatic heterocycles. The Labute approximate surface area is 129 Å². The van der Waals surface area contributed by atoms with E-state index in [2.05, 4.69) is 21.3 Å². The van der Waals surface area contributed by atoms with E-state index in [9.17, 15) is 5.11 Å². The van der Waals surface area contributed by atoms with Gasteiger partial charge in [-0.2, -0.15) is 0 Å². The minimum atomic E-state index is 0.206. The maximum atomic E-state index is 9.83. The van der Waals surface area contributed by atoms with Crippen molar-refractivity contribution < 1.29 is 9.84 Å². The van der Waals surface area contributed by atoms with E-state index in [-0.39, 0.29) is 11.8 Å². The number of aliphatic imine (C=N–C) groups is 1. The second-order valence-corrected chi connectivity index (χ2v) is 5.89. The van der Waals surface area contributed by atoms with Crippen LogP contribution in [0.5, 0.6) is 11.5 Å². The lowest BCUT2D eigenvalue weighted by Crippen LogP contribution is -2.21. The summed E-state index contributed by atoms with van der Waals surface area (Å²) in [5.41, 5.74) is 0.665. The molecule has 1 atom stereocenters. The third kappa shape index (κ3) is 4.06. The molecular formula is C16H20N2O2S. The molecule has 1 N–H and O–H groups in total. The van der Waals surface area contributed by atoms with E-state index in [1.165, 1.54) is 4.88 Å². The van der Waals surface area contributed by atoms with Crippen molar-refractivity contribution in [2.24, 2.45) is 4.99 Å². The van der Waals surface area contributed by atoms with Crippen LogP contribution in [-0.2, 0) is 0 Å². The van der Waals surface area contributed by atoms with Gasteiger partial charge in [-0.1, -0.05) is 6.07 Å². The molecule has 112 valence electrons. The van der Waals surface area contributed by atoms with Gasteiger partial charge in [-0.15, -0.1) is 11.3 Å². The maximum absolute atomic E-state index is 9.83. The Morgan fingerprint density at radius 3 is 2.81 bits per heavy atom. The van der Waals surface area contributed by atoms with Gasteiger partial charge >= 0.3 is 0 Å². The number of methoxy groups -OCH3 is 1. The zero-order chi connectivity index (χ0) is 15.2. The number of phenolic OH excluding ortho intramolecular Hbond substituents is 1. The predicted octanol–water partition coefficient (Wildman–Crippen LogP) is 3.18. The number of hydrogen-bond donors (Lipinski definition) is 1. The van der Waals surface area contributed by atoms with Crippen molar-refractivity contribution in [3.8, 4) is 11.5 Å². The SMILES string of the molecule is COc1ccc(O)c(C=NC[C@@H](c2cccs2)N(C)C)c1. The molecule has 0 aliphatic carbocycles. The summed E-state index contributed by atoms with van der Waals surface area (Å²) in [6, 6.07) is 9.52. The fourth-order valence-electron chi connectivity index (χ4n) is 2.00. The normalized spacial score (nSPS) is 13.0. The van der Waals surface area contributed by atoms with Gasteiger partial charge in [0.05, 0.1) is 19.7 Å². The predicted molar refractivity (Wildman–Crippen MR) is 87.9 cm³/mol. The van der Waals surface area contributed by atoms with Crippen LogP contribution in [0.1, 0.15) is 16.5 Å². The second-order valence-electron chi connectivity index (χ2n) is 4.91. The molecule has 4 nitrogen and oxygen atoms in total. The first-order chi connectivity index (χ1) is 10.1. The fourth-order valence-corrected chi connectivity index (χ4v) is 2.92. The van der Waals surface area contributed by atoms with E-state index in [0.717, 1.165) is 0 Å². The van der Waals surface area contributed by atoms with Crippen LogP contribution in [-0.4, -0.2) is 44.0 Å². The Morgan fingerprint density at radius 1 is 1.38 bits per heavy atom. The second kappa shape index (κ2) is 7.24. The molecule has 0 amide bonds. The van der Waals surface area contributed by atoms with Crippen molar-refractivity contribution >= 4 is 17.6 Å². The number of nitrogens with zero attached hydrogens (tertiary/aromatic N) is 2. The number of benzene rings is 1. The number of hydrogen-bond acceptors (Lipinski definition) is 5. The highest BCUT2D eigenvalue weighted by atomic mass is 32.1. The van der Waals surface area contributed by atoms with Gasteiger partial charge < -0.3 is 14.7 Å². The van der Waals surface area contributed by atoms with E-state index in [1.807, 2.05) is 20.2 Å². The monoisotopic (exact) mass is 304 g/mol. The number of thiophene rings is 1. The molecule has 0 aliphatic rings. The van der Waals surface area contributed by atoms with Crippen LogP contribution < -0.4 is 4.74 Å². The zero-order valence-corrected chi connectivity index (χ0v) is 13.3. The highest BCUT2D eigenvalue weighted by molar-refractivity contribution is 7.10. The van der Waals surface area contributed by atoms with E-state index in [4.69, 9.17) is 4.74 Å². The summed E-state index contributed by atoms with van der Waals surface area (Å²) in [4.78, 5) is 7.91. The van der Waals surface area contributed by atoms with Gasteiger partial charge in [-0.25, -0.2) is 0 Å². The van der Waals surface area contributed by atoms with Crippen LogP contribution in [0.3, 0.4) is 0 Å². The first kappa shape index (κ1) is 15.5. The molecule has 0 bridgehead atoms. The lowest BCUT2D eigenvalue weighted by molar-refractivity contribution is 0.311. The molecule has 21 heavy (non-hydrogen) atoms. The third-order valence-electron chi connectivity index (χ3n) is 3.24. The van der Waals surface area contributed by atoms with Gasteiger partial charge in [0.1, 0.15) is 11.5 Å². The average molecular weight is 304 g/mol. The smallest absolute Gasteiger partial charge is 0.124 e. The van der Waals surface area contributed by atoms with E-state index in [1.54, 1.807) is 42.9 Å². The maximum Gasteiger partial charge on any atom is 0.124 e. The van der Waals surface area contributed by atoms with Crippen molar-refractivity contribution in [2.45, 2.75) is 6.04 Å². The first-order valence-corrected chi connectivity index (χ1v) is 7.56. The van der Waals surface area contributed by atoms with Gasteiger partial charge in [0.25, 0.3) is 0 Å². The van der Waals surface area contributed by atoms with Crippen molar-refractivity contribution in [3.63, 3.8) is 0 Å². The third-order valence-corrected chi connectivity index (χ3v) is 4.21. The highest BCUT2D eigenvalue weighted by Crippen LogP contribution is 2.24. The Hall–Kier alpha value is -1.85. The summed E-state index contributed by atoms with van der Waals surface area (Å²) in [6.45, 7) is 0.643. The molecular weight excluding hydrogens is 284 g/mol. The number of ether oxygens (including phenoxy) is 1. The zero-order valence-electron chi connectivity index (χ0n) is 12.5. The van der Waals surface area contributed by atoms with Crippen LogP contribution in [0.4, 0.5) is 0 Å². The number of aromatic hydroxyl groups is 1. The molecule has 1 aromatic carbocycles. The van der Waals surface area contributed by atoms with Gasteiger partial charge in [0, 0.05) is 16.7 Å². The molecule has 0 spiro atoms. The van der Waals surface area contributed by atoms with Crippen molar-refractivity contribution in [1.29, 1.82) is 0 Å². The van der Waals surface area contributed by atoms with Gasteiger partial charge in [0.15, 0.2) is 0 Å². The average Bonchev–Trinajstić information content (AvgIpc) is 2.98. The minimum Gasteiger partial charge on any atom is -0.507 e. The van der Waals surface area contributed by atoms with E-state index in [0.29, 0.717) is 17.9 Å². The number of likely N-dealkylation sites (N-methyl/N-ethyl adjacent to an activating group) is 1. The Balaban J connectivity index is 2.10. The fraction of sp³-hybridized carbons (Fsp3) is 0.312. The summed E-state index contributed by atoms with van der Waals surface area (Å²) < 4.78 is 5.16. The molecule has 0 saturated heterocycles. The molecule has 0 radical (unpaired) electrons. The topological polar surface area (TPSA) is 45.1 Å². The van der Waals surface area contributed by atoms with Crippen LogP contribution in [0.25, 0.3) is 0 Å². The molecule has 1 heterocycles. The Bertz CT molecular complexity index is 594. The summed E-state index contributed by atoms with van der Waals surface area (Å²) in [5, 5.41) is 11.9. The quantitative estimate of drug-likeness (QED) is 0.834. The molecule has 5 heteroatoms. The lowest BCUT2D eigenvalue weighted by Gasteiger charge is -2.21. The van der Waals surface area contributed by atoms with Gasteiger partial charge in [-0.05, 0) is 43.7 Å². The summed E-state index contributed by atoms with van der Waals surface area (Å²) in [7, 11) is 5.69. The highest BCUT2D eigenvalue weighted by Gasteiger charge is 2.14. The lowest BCUT2D eigenvalue weighted by atomic mass is 10.2. The standard InChI is InChI=1S/C16H20N2O2S/c1-18(2)14(16-5-4-8-21-16)11-17-10-12-9-13(20-3)6-7-15(12)19/h4-10,14,19H,11H2,1-3H3/t14-/m0/s1. The van der Waals surface area contributed by atoms with Crippen LogP contribution >= 0.6 is 11.3 Å². The first-order valence-electron chi connectivity index (χ1n) is 6.68. The van der Waals surface area contributed by atoms with Gasteiger partial charge in [-0.3, -0.25) is 4.99 Å². The molecule has 0 unspecified atom stereocenters. The van der Waals surface area contributed by atoms with E-state index >= 15 is 0 Å². The number of rotatable bonds is 6. The molecule has 0 aliphatic heterocycles. The van der Waals surface area contributed by atoms with Crippen LogP contribution in [0.2, 0.25) is 0 Å². The van der Waals surface area contributed by atoms with Crippen LogP contribution in [0, 0.1) is 0 Å². The summed E-state index contributed by atoms with van der Waals surface area (Å²) >= 11 is 1.73. The Kier molecular flexibility index (Phi) is 5.36. The minimum absolute atomic E-state index is 0.206. The van der Waals surface area contributed by atoms with E-state index < -0.39 is 0 Å². The van der Waals surface area contributed by atoms with Crippen molar-refractivity contribution in [2.75, 3.05) is 27.7 Å². The summed E-state index contributed by atoms with van der Waals surface area (Å²) in [6.07, 6.45) is 1.70.